The van der Waals surface area contributed by atoms with E-state index in [2.05, 4.69) is 10.1 Å². The van der Waals surface area contributed by atoms with Crippen molar-refractivity contribution < 1.29 is 32.6 Å². The maximum absolute atomic E-state index is 12.5. The van der Waals surface area contributed by atoms with Crippen molar-refractivity contribution in [1.29, 1.82) is 0 Å². The number of aliphatic carboxylic acids is 1. The van der Waals surface area contributed by atoms with Crippen molar-refractivity contribution in [2.75, 3.05) is 0 Å². The molecule has 22 heavy (non-hydrogen) atoms. The van der Waals surface area contributed by atoms with E-state index in [1.807, 2.05) is 0 Å². The van der Waals surface area contributed by atoms with E-state index in [0.29, 0.717) is 0 Å². The molecule has 1 aliphatic carbocycles. The molecule has 0 aliphatic heterocycles. The van der Waals surface area contributed by atoms with Gasteiger partial charge in [-0.15, -0.1) is 13.2 Å². The van der Waals surface area contributed by atoms with E-state index in [-0.39, 0.29) is 30.4 Å². The molecule has 0 spiro atoms. The van der Waals surface area contributed by atoms with Crippen LogP contribution in [0.2, 0.25) is 0 Å². The summed E-state index contributed by atoms with van der Waals surface area (Å²) in [6.45, 7) is 1.29. The zero-order chi connectivity index (χ0) is 16.5. The fourth-order valence-electron chi connectivity index (χ4n) is 2.76. The van der Waals surface area contributed by atoms with E-state index in [1.165, 1.54) is 25.1 Å². The maximum atomic E-state index is 12.5. The molecule has 5 nitrogen and oxygen atoms in total. The second-order valence-corrected chi connectivity index (χ2v) is 5.24. The minimum Gasteiger partial charge on any atom is -0.481 e. The van der Waals surface area contributed by atoms with Crippen molar-refractivity contribution in [1.82, 2.24) is 5.32 Å². The number of hydrogen-bond donors (Lipinski definition) is 2. The molecule has 1 aromatic carbocycles. The minimum absolute atomic E-state index is 0.0140. The van der Waals surface area contributed by atoms with Gasteiger partial charge in [0.15, 0.2) is 0 Å². The highest BCUT2D eigenvalue weighted by Gasteiger charge is 2.54. The number of carboxylic acids is 1. The van der Waals surface area contributed by atoms with Gasteiger partial charge in [-0.05, 0) is 18.9 Å². The summed E-state index contributed by atoms with van der Waals surface area (Å²) in [5.41, 5.74) is -1.53. The Morgan fingerprint density at radius 2 is 1.91 bits per heavy atom. The fraction of sp³-hybridized carbons (Fsp3) is 0.429. The van der Waals surface area contributed by atoms with Crippen LogP contribution in [0.5, 0.6) is 5.75 Å². The van der Waals surface area contributed by atoms with Crippen LogP contribution >= 0.6 is 0 Å². The summed E-state index contributed by atoms with van der Waals surface area (Å²) in [7, 11) is 0. The van der Waals surface area contributed by atoms with Crippen molar-refractivity contribution in [3.05, 3.63) is 29.8 Å². The van der Waals surface area contributed by atoms with Gasteiger partial charge in [0.2, 0.25) is 5.91 Å². The van der Waals surface area contributed by atoms with Gasteiger partial charge in [-0.2, -0.15) is 0 Å². The molecule has 1 saturated carbocycles. The van der Waals surface area contributed by atoms with E-state index in [0.717, 1.165) is 6.07 Å². The average molecular weight is 317 g/mol. The Labute approximate surface area is 124 Å². The molecule has 0 unspecified atom stereocenters. The minimum atomic E-state index is -4.91. The van der Waals surface area contributed by atoms with Gasteiger partial charge in [0.25, 0.3) is 0 Å². The van der Waals surface area contributed by atoms with E-state index in [9.17, 15) is 27.9 Å². The van der Waals surface area contributed by atoms with Crippen LogP contribution in [0.1, 0.15) is 25.3 Å². The first-order chi connectivity index (χ1) is 10.1. The first-order valence-corrected chi connectivity index (χ1v) is 6.50. The van der Waals surface area contributed by atoms with Crippen LogP contribution in [0.25, 0.3) is 0 Å². The van der Waals surface area contributed by atoms with Crippen molar-refractivity contribution in [2.45, 2.75) is 37.6 Å². The highest BCUT2D eigenvalue weighted by atomic mass is 19.4. The molecule has 0 aromatic heterocycles. The van der Waals surface area contributed by atoms with Crippen molar-refractivity contribution >= 4 is 11.9 Å². The lowest BCUT2D eigenvalue weighted by atomic mass is 9.61. The number of carbonyl (C=O) groups is 2. The number of hydrogen-bond acceptors (Lipinski definition) is 3. The third-order valence-corrected chi connectivity index (χ3v) is 3.63. The second kappa shape index (κ2) is 5.51. The van der Waals surface area contributed by atoms with Gasteiger partial charge in [0.05, 0.1) is 0 Å². The molecule has 8 heteroatoms. The van der Waals surface area contributed by atoms with Gasteiger partial charge >= 0.3 is 12.3 Å². The van der Waals surface area contributed by atoms with Crippen LogP contribution < -0.4 is 10.1 Å². The Kier molecular flexibility index (Phi) is 4.04. The van der Waals surface area contributed by atoms with E-state index in [4.69, 9.17) is 0 Å². The highest BCUT2D eigenvalue weighted by Crippen LogP contribution is 2.48. The second-order valence-electron chi connectivity index (χ2n) is 5.24. The Bertz CT molecular complexity index is 594. The van der Waals surface area contributed by atoms with Crippen molar-refractivity contribution in [3.63, 3.8) is 0 Å². The third-order valence-electron chi connectivity index (χ3n) is 3.63. The molecule has 1 amide bonds. The molecular formula is C14H14F3NO4. The van der Waals surface area contributed by atoms with Gasteiger partial charge < -0.3 is 15.2 Å². The Balaban J connectivity index is 2.32. The summed E-state index contributed by atoms with van der Waals surface area (Å²) < 4.78 is 41.3. The van der Waals surface area contributed by atoms with Gasteiger partial charge in [0, 0.05) is 18.5 Å². The number of para-hydroxylation sites is 1. The van der Waals surface area contributed by atoms with Crippen LogP contribution in [-0.2, 0) is 15.0 Å². The average Bonchev–Trinajstić information content (AvgIpc) is 2.31. The molecule has 0 heterocycles. The fourth-order valence-corrected chi connectivity index (χ4v) is 2.76. The molecule has 0 saturated heterocycles. The molecule has 0 radical (unpaired) electrons. The monoisotopic (exact) mass is 317 g/mol. The summed E-state index contributed by atoms with van der Waals surface area (Å²) in [6, 6.07) is 4.80. The lowest BCUT2D eigenvalue weighted by Crippen LogP contribution is -2.57. The van der Waals surface area contributed by atoms with Gasteiger partial charge in [-0.25, -0.2) is 0 Å². The molecular weight excluding hydrogens is 303 g/mol. The van der Waals surface area contributed by atoms with Crippen molar-refractivity contribution in [2.24, 2.45) is 0 Å². The number of carbonyl (C=O) groups excluding carboxylic acids is 1. The topological polar surface area (TPSA) is 75.6 Å². The first kappa shape index (κ1) is 16.1. The lowest BCUT2D eigenvalue weighted by molar-refractivity contribution is -0.275. The van der Waals surface area contributed by atoms with Crippen LogP contribution in [0.4, 0.5) is 13.2 Å². The molecule has 1 aliphatic rings. The molecule has 1 aromatic rings. The number of amides is 1. The Hall–Kier alpha value is -2.25. The molecule has 0 bridgehead atoms. The maximum Gasteiger partial charge on any atom is 0.573 e. The van der Waals surface area contributed by atoms with Crippen LogP contribution in [0.15, 0.2) is 24.3 Å². The number of rotatable bonds is 4. The Morgan fingerprint density at radius 3 is 2.41 bits per heavy atom. The van der Waals surface area contributed by atoms with E-state index < -0.39 is 23.5 Å². The predicted molar refractivity (Wildman–Crippen MR) is 69.3 cm³/mol. The highest BCUT2D eigenvalue weighted by molar-refractivity contribution is 5.85. The molecule has 120 valence electrons. The van der Waals surface area contributed by atoms with Crippen LogP contribution in [0, 0.1) is 0 Å². The molecule has 2 rings (SSSR count). The summed E-state index contributed by atoms with van der Waals surface area (Å²) in [5, 5.41) is 12.0. The lowest BCUT2D eigenvalue weighted by Gasteiger charge is -2.45. The third kappa shape index (κ3) is 3.15. The summed E-state index contributed by atoms with van der Waals surface area (Å²) in [6.07, 6.45) is -4.88. The van der Waals surface area contributed by atoms with E-state index in [1.54, 1.807) is 0 Å². The largest absolute Gasteiger partial charge is 0.573 e. The van der Waals surface area contributed by atoms with Crippen LogP contribution in [0.3, 0.4) is 0 Å². The normalized spacial score (nSPS) is 24.3. The predicted octanol–water partition coefficient (Wildman–Crippen LogP) is 2.21. The SMILES string of the molecule is CC(=O)NC1CC(C(=O)O)(c2ccccc2OC(F)(F)F)C1. The number of ether oxygens (including phenoxy) is 1. The van der Waals surface area contributed by atoms with Gasteiger partial charge in [0.1, 0.15) is 11.2 Å². The van der Waals surface area contributed by atoms with Gasteiger partial charge in [-0.1, -0.05) is 18.2 Å². The number of alkyl halides is 3. The number of nitrogens with one attached hydrogen (secondary N) is 1. The standard InChI is InChI=1S/C14H14F3NO4/c1-8(19)18-9-6-13(7-9,12(20)21)10-4-2-3-5-11(10)22-14(15,16)17/h2-5,9H,6-7H2,1H3,(H,18,19)(H,20,21). The van der Waals surface area contributed by atoms with Gasteiger partial charge in [-0.3, -0.25) is 9.59 Å². The van der Waals surface area contributed by atoms with Crippen molar-refractivity contribution in [3.8, 4) is 5.75 Å². The summed E-state index contributed by atoms with van der Waals surface area (Å²) in [4.78, 5) is 22.6. The molecule has 1 fully saturated rings. The Morgan fingerprint density at radius 1 is 1.32 bits per heavy atom. The van der Waals surface area contributed by atoms with E-state index >= 15 is 0 Å². The number of benzene rings is 1. The van der Waals surface area contributed by atoms with Crippen LogP contribution in [-0.4, -0.2) is 29.4 Å². The first-order valence-electron chi connectivity index (χ1n) is 6.50. The number of carboxylic acid groups (broad SMARTS) is 1. The number of halogens is 3. The smallest absolute Gasteiger partial charge is 0.481 e. The molecule has 2 N–H and O–H groups in total. The zero-order valence-corrected chi connectivity index (χ0v) is 11.6. The molecule has 0 atom stereocenters. The summed E-state index contributed by atoms with van der Waals surface area (Å²) in [5.74, 6) is -2.09. The quantitative estimate of drug-likeness (QED) is 0.893. The summed E-state index contributed by atoms with van der Waals surface area (Å²) >= 11 is 0. The zero-order valence-electron chi connectivity index (χ0n) is 11.6.